The highest BCUT2D eigenvalue weighted by Crippen LogP contribution is 2.15. The quantitative estimate of drug-likeness (QED) is 0.759. The number of hydrogen-bond acceptors (Lipinski definition) is 2. The molecule has 2 unspecified atom stereocenters. The Balaban J connectivity index is 2.31. The second-order valence-corrected chi connectivity index (χ2v) is 6.90. The third kappa shape index (κ3) is 7.06. The summed E-state index contributed by atoms with van der Waals surface area (Å²) in [4.78, 5) is 0. The maximum absolute atomic E-state index is 10.3. The summed E-state index contributed by atoms with van der Waals surface area (Å²) in [6, 6.07) is 9.12. The number of benzene rings is 1. The molecule has 0 bridgehead atoms. The predicted molar refractivity (Wildman–Crippen MR) is 87.0 cm³/mol. The molecular formula is C18H31NO. The molecule has 114 valence electrons. The van der Waals surface area contributed by atoms with Crippen LogP contribution in [0.1, 0.15) is 51.7 Å². The molecule has 0 aliphatic heterocycles. The van der Waals surface area contributed by atoms with E-state index in [2.05, 4.69) is 57.3 Å². The van der Waals surface area contributed by atoms with E-state index < -0.39 is 5.60 Å². The van der Waals surface area contributed by atoms with E-state index in [0.29, 0.717) is 18.5 Å². The summed E-state index contributed by atoms with van der Waals surface area (Å²) in [6.45, 7) is 11.2. The van der Waals surface area contributed by atoms with Gasteiger partial charge in [-0.05, 0) is 51.5 Å². The van der Waals surface area contributed by atoms with Gasteiger partial charge in [-0.2, -0.15) is 0 Å². The second-order valence-electron chi connectivity index (χ2n) is 6.90. The first-order valence-corrected chi connectivity index (χ1v) is 7.80. The van der Waals surface area contributed by atoms with E-state index in [4.69, 9.17) is 0 Å². The topological polar surface area (TPSA) is 32.3 Å². The Bertz CT molecular complexity index is 398. The number of aryl methyl sites for hydroxylation is 2. The molecule has 1 aromatic carbocycles. The molecular weight excluding hydrogens is 246 g/mol. The minimum absolute atomic E-state index is 0.425. The largest absolute Gasteiger partial charge is 0.389 e. The van der Waals surface area contributed by atoms with Crippen LogP contribution in [0.4, 0.5) is 0 Å². The zero-order chi connectivity index (χ0) is 15.2. The monoisotopic (exact) mass is 277 g/mol. The lowest BCUT2D eigenvalue weighted by molar-refractivity contribution is 0.0361. The van der Waals surface area contributed by atoms with E-state index in [9.17, 15) is 5.11 Å². The minimum Gasteiger partial charge on any atom is -0.389 e. The van der Waals surface area contributed by atoms with Gasteiger partial charge in [-0.1, -0.05) is 43.7 Å². The van der Waals surface area contributed by atoms with Gasteiger partial charge in [0.2, 0.25) is 0 Å². The molecule has 2 N–H and O–H groups in total. The first kappa shape index (κ1) is 17.2. The van der Waals surface area contributed by atoms with Crippen molar-refractivity contribution in [2.45, 2.75) is 65.5 Å². The maximum Gasteiger partial charge on any atom is 0.0746 e. The lowest BCUT2D eigenvalue weighted by Crippen LogP contribution is -2.42. The van der Waals surface area contributed by atoms with Gasteiger partial charge < -0.3 is 10.4 Å². The van der Waals surface area contributed by atoms with Crippen LogP contribution in [0, 0.1) is 12.8 Å². The number of hydrogen-bond donors (Lipinski definition) is 2. The van der Waals surface area contributed by atoms with E-state index in [-0.39, 0.29) is 0 Å². The van der Waals surface area contributed by atoms with Gasteiger partial charge in [0.25, 0.3) is 0 Å². The smallest absolute Gasteiger partial charge is 0.0746 e. The predicted octanol–water partition coefficient (Wildman–Crippen LogP) is 3.70. The molecule has 1 rings (SSSR count). The molecule has 0 heterocycles. The van der Waals surface area contributed by atoms with Gasteiger partial charge >= 0.3 is 0 Å². The van der Waals surface area contributed by atoms with E-state index >= 15 is 0 Å². The summed E-state index contributed by atoms with van der Waals surface area (Å²) in [5.41, 5.74) is 2.11. The number of aliphatic hydroxyl groups is 1. The molecule has 0 aliphatic carbocycles. The lowest BCUT2D eigenvalue weighted by atomic mass is 9.94. The van der Waals surface area contributed by atoms with E-state index in [1.165, 1.54) is 11.1 Å². The van der Waals surface area contributed by atoms with Gasteiger partial charge in [0.1, 0.15) is 0 Å². The van der Waals surface area contributed by atoms with E-state index in [0.717, 1.165) is 19.3 Å². The van der Waals surface area contributed by atoms with E-state index in [1.807, 2.05) is 6.92 Å². The van der Waals surface area contributed by atoms with Crippen molar-refractivity contribution in [3.05, 3.63) is 35.4 Å². The third-order valence-corrected chi connectivity index (χ3v) is 3.63. The van der Waals surface area contributed by atoms with Gasteiger partial charge in [0.05, 0.1) is 5.60 Å². The lowest BCUT2D eigenvalue weighted by Gasteiger charge is -2.27. The molecule has 0 saturated carbocycles. The van der Waals surface area contributed by atoms with Gasteiger partial charge in [0, 0.05) is 12.6 Å². The zero-order valence-electron chi connectivity index (χ0n) is 13.7. The summed E-state index contributed by atoms with van der Waals surface area (Å²) in [5, 5.41) is 13.8. The van der Waals surface area contributed by atoms with Gasteiger partial charge in [0.15, 0.2) is 0 Å². The van der Waals surface area contributed by atoms with Crippen molar-refractivity contribution >= 4 is 0 Å². The van der Waals surface area contributed by atoms with Crippen LogP contribution in [0.5, 0.6) is 0 Å². The second kappa shape index (κ2) is 7.80. The Morgan fingerprint density at radius 1 is 1.25 bits per heavy atom. The van der Waals surface area contributed by atoms with Crippen LogP contribution in [-0.4, -0.2) is 23.3 Å². The summed E-state index contributed by atoms with van der Waals surface area (Å²) < 4.78 is 0. The van der Waals surface area contributed by atoms with Gasteiger partial charge in [-0.3, -0.25) is 0 Å². The molecule has 2 heteroatoms. The fraction of sp³-hybridized carbons (Fsp3) is 0.667. The van der Waals surface area contributed by atoms with Crippen molar-refractivity contribution in [2.24, 2.45) is 5.92 Å². The Morgan fingerprint density at radius 2 is 1.95 bits per heavy atom. The Kier molecular flexibility index (Phi) is 6.70. The molecule has 2 nitrogen and oxygen atoms in total. The van der Waals surface area contributed by atoms with Crippen molar-refractivity contribution in [1.82, 2.24) is 5.32 Å². The standard InChI is InChI=1S/C18H31NO/c1-14(2)12-18(5,20)13-19-16(4)9-10-17-8-6-7-15(3)11-17/h6-8,11,14,16,19-20H,9-10,12-13H2,1-5H3. The van der Waals surface area contributed by atoms with Crippen molar-refractivity contribution in [2.75, 3.05) is 6.54 Å². The molecule has 0 aliphatic rings. The molecule has 0 radical (unpaired) electrons. The minimum atomic E-state index is -0.605. The van der Waals surface area contributed by atoms with Crippen LogP contribution in [0.2, 0.25) is 0 Å². The summed E-state index contributed by atoms with van der Waals surface area (Å²) in [7, 11) is 0. The van der Waals surface area contributed by atoms with Crippen LogP contribution >= 0.6 is 0 Å². The van der Waals surface area contributed by atoms with Crippen LogP contribution in [0.15, 0.2) is 24.3 Å². The molecule has 2 atom stereocenters. The highest BCUT2D eigenvalue weighted by atomic mass is 16.3. The van der Waals surface area contributed by atoms with Crippen LogP contribution in [0.25, 0.3) is 0 Å². The summed E-state index contributed by atoms with van der Waals surface area (Å²) in [6.07, 6.45) is 3.02. The van der Waals surface area contributed by atoms with Crippen LogP contribution in [0.3, 0.4) is 0 Å². The average molecular weight is 277 g/mol. The van der Waals surface area contributed by atoms with Crippen molar-refractivity contribution in [3.63, 3.8) is 0 Å². The van der Waals surface area contributed by atoms with Crippen LogP contribution in [-0.2, 0) is 6.42 Å². The molecule has 0 fully saturated rings. The number of nitrogens with one attached hydrogen (secondary N) is 1. The third-order valence-electron chi connectivity index (χ3n) is 3.63. The molecule has 1 aromatic rings. The first-order chi connectivity index (χ1) is 9.28. The Labute approximate surface area is 124 Å². The molecule has 0 saturated heterocycles. The molecule has 20 heavy (non-hydrogen) atoms. The fourth-order valence-corrected chi connectivity index (χ4v) is 2.70. The molecule has 0 aromatic heterocycles. The highest BCUT2D eigenvalue weighted by Gasteiger charge is 2.22. The first-order valence-electron chi connectivity index (χ1n) is 7.80. The normalized spacial score (nSPS) is 16.1. The fourth-order valence-electron chi connectivity index (χ4n) is 2.70. The highest BCUT2D eigenvalue weighted by molar-refractivity contribution is 5.22. The van der Waals surface area contributed by atoms with Crippen molar-refractivity contribution in [3.8, 4) is 0 Å². The van der Waals surface area contributed by atoms with E-state index in [1.54, 1.807) is 0 Å². The van der Waals surface area contributed by atoms with Gasteiger partial charge in [-0.15, -0.1) is 0 Å². The van der Waals surface area contributed by atoms with Crippen molar-refractivity contribution in [1.29, 1.82) is 0 Å². The number of rotatable bonds is 8. The summed E-state index contributed by atoms with van der Waals surface area (Å²) in [5.74, 6) is 0.523. The zero-order valence-corrected chi connectivity index (χ0v) is 13.7. The van der Waals surface area contributed by atoms with Crippen molar-refractivity contribution < 1.29 is 5.11 Å². The molecule has 0 amide bonds. The van der Waals surface area contributed by atoms with Gasteiger partial charge in [-0.25, -0.2) is 0 Å². The average Bonchev–Trinajstić information content (AvgIpc) is 2.32. The Hall–Kier alpha value is -0.860. The SMILES string of the molecule is Cc1cccc(CCC(C)NCC(C)(O)CC(C)C)c1. The van der Waals surface area contributed by atoms with Crippen LogP contribution < -0.4 is 5.32 Å². The summed E-state index contributed by atoms with van der Waals surface area (Å²) >= 11 is 0. The molecule has 0 spiro atoms. The maximum atomic E-state index is 10.3. The Morgan fingerprint density at radius 3 is 2.55 bits per heavy atom.